The molecule has 1 unspecified atom stereocenters. The van der Waals surface area contributed by atoms with Crippen LogP contribution in [0.15, 0.2) is 28.7 Å². The molecule has 0 spiro atoms. The first-order valence-corrected chi connectivity index (χ1v) is 10.6. The molecule has 1 aliphatic carbocycles. The second-order valence-electron chi connectivity index (χ2n) is 8.19. The lowest BCUT2D eigenvalue weighted by Crippen LogP contribution is -2.40. The van der Waals surface area contributed by atoms with Crippen LogP contribution in [0.1, 0.15) is 49.4 Å². The zero-order valence-electron chi connectivity index (χ0n) is 17.9. The van der Waals surface area contributed by atoms with Crippen molar-refractivity contribution in [1.82, 2.24) is 20.0 Å². The van der Waals surface area contributed by atoms with Crippen LogP contribution in [0.3, 0.4) is 0 Å². The molecule has 7 nitrogen and oxygen atoms in total. The van der Waals surface area contributed by atoms with Gasteiger partial charge in [-0.3, -0.25) is 4.90 Å². The van der Waals surface area contributed by atoms with Crippen molar-refractivity contribution in [3.05, 3.63) is 41.6 Å². The average Bonchev–Trinajstić information content (AvgIpc) is 3.12. The number of aliphatic hydroxyl groups is 1. The number of hydrogen-bond acceptors (Lipinski definition) is 7. The summed E-state index contributed by atoms with van der Waals surface area (Å²) < 4.78 is 11.4. The van der Waals surface area contributed by atoms with Gasteiger partial charge in [-0.1, -0.05) is 37.5 Å². The Morgan fingerprint density at radius 3 is 2.62 bits per heavy atom. The first-order chi connectivity index (χ1) is 14.0. The van der Waals surface area contributed by atoms with Crippen LogP contribution in [0.4, 0.5) is 0 Å². The van der Waals surface area contributed by atoms with E-state index in [1.165, 1.54) is 32.1 Å². The zero-order valence-corrected chi connectivity index (χ0v) is 17.9. The molecule has 1 aliphatic rings. The predicted molar refractivity (Wildman–Crippen MR) is 112 cm³/mol. The standard InChI is InChI=1S/C22H34N4O3/c1-17-23-24-22(29-17)15-25(2)13-18-9-7-8-12-21(18)28-16-20(27)14-26(3)19-10-5-4-6-11-19/h7-9,12,19-20,27H,4-6,10-11,13-16H2,1-3H3. The van der Waals surface area contributed by atoms with E-state index in [4.69, 9.17) is 9.15 Å². The van der Waals surface area contributed by atoms with Crippen LogP contribution >= 0.6 is 0 Å². The highest BCUT2D eigenvalue weighted by atomic mass is 16.5. The third kappa shape index (κ3) is 6.80. The number of nitrogens with zero attached hydrogens (tertiary/aromatic N) is 4. The van der Waals surface area contributed by atoms with E-state index in [-0.39, 0.29) is 0 Å². The highest BCUT2D eigenvalue weighted by Gasteiger charge is 2.20. The smallest absolute Gasteiger partial charge is 0.230 e. The van der Waals surface area contributed by atoms with Crippen molar-refractivity contribution in [2.75, 3.05) is 27.2 Å². The first-order valence-electron chi connectivity index (χ1n) is 10.6. The molecular formula is C22H34N4O3. The Hall–Kier alpha value is -1.96. The third-order valence-corrected chi connectivity index (χ3v) is 5.51. The van der Waals surface area contributed by atoms with Gasteiger partial charge in [0, 0.05) is 31.6 Å². The van der Waals surface area contributed by atoms with Crippen molar-refractivity contribution in [2.24, 2.45) is 0 Å². The second kappa shape index (κ2) is 10.7. The maximum atomic E-state index is 10.5. The molecule has 0 saturated heterocycles. The molecule has 1 saturated carbocycles. The average molecular weight is 403 g/mol. The molecular weight excluding hydrogens is 368 g/mol. The fourth-order valence-electron chi connectivity index (χ4n) is 4.00. The maximum Gasteiger partial charge on any atom is 0.230 e. The highest BCUT2D eigenvalue weighted by molar-refractivity contribution is 5.33. The number of aliphatic hydroxyl groups excluding tert-OH is 1. The summed E-state index contributed by atoms with van der Waals surface area (Å²) in [5.41, 5.74) is 1.07. The van der Waals surface area contributed by atoms with Crippen LogP contribution in [0.2, 0.25) is 0 Å². The van der Waals surface area contributed by atoms with Gasteiger partial charge in [-0.25, -0.2) is 0 Å². The molecule has 0 aliphatic heterocycles. The zero-order chi connectivity index (χ0) is 20.6. The molecule has 29 heavy (non-hydrogen) atoms. The van der Waals surface area contributed by atoms with Gasteiger partial charge >= 0.3 is 0 Å². The summed E-state index contributed by atoms with van der Waals surface area (Å²) in [6.45, 7) is 3.99. The van der Waals surface area contributed by atoms with E-state index in [1.807, 2.05) is 31.3 Å². The third-order valence-electron chi connectivity index (χ3n) is 5.51. The van der Waals surface area contributed by atoms with Crippen LogP contribution in [-0.4, -0.2) is 64.5 Å². The van der Waals surface area contributed by atoms with E-state index in [1.54, 1.807) is 6.92 Å². The van der Waals surface area contributed by atoms with Gasteiger partial charge in [-0.05, 0) is 33.0 Å². The van der Waals surface area contributed by atoms with Crippen LogP contribution in [0.5, 0.6) is 5.75 Å². The highest BCUT2D eigenvalue weighted by Crippen LogP contribution is 2.23. The molecule has 7 heteroatoms. The van der Waals surface area contributed by atoms with Crippen molar-refractivity contribution in [3.8, 4) is 5.75 Å². The van der Waals surface area contributed by atoms with Crippen molar-refractivity contribution in [3.63, 3.8) is 0 Å². The van der Waals surface area contributed by atoms with Crippen LogP contribution < -0.4 is 4.74 Å². The van der Waals surface area contributed by atoms with Gasteiger partial charge in [0.15, 0.2) is 0 Å². The van der Waals surface area contributed by atoms with Gasteiger partial charge in [-0.2, -0.15) is 0 Å². The summed E-state index contributed by atoms with van der Waals surface area (Å²) in [5, 5.41) is 18.4. The lowest BCUT2D eigenvalue weighted by atomic mass is 9.94. The summed E-state index contributed by atoms with van der Waals surface area (Å²) in [4.78, 5) is 4.39. The molecule has 0 bridgehead atoms. The summed E-state index contributed by atoms with van der Waals surface area (Å²) in [6, 6.07) is 8.55. The molecule has 160 valence electrons. The van der Waals surface area contributed by atoms with E-state index in [0.717, 1.165) is 11.3 Å². The van der Waals surface area contributed by atoms with Gasteiger partial charge in [0.1, 0.15) is 18.5 Å². The van der Waals surface area contributed by atoms with Gasteiger partial charge < -0.3 is 19.2 Å². The van der Waals surface area contributed by atoms with Gasteiger partial charge in [0.05, 0.1) is 6.54 Å². The maximum absolute atomic E-state index is 10.5. The lowest BCUT2D eigenvalue weighted by molar-refractivity contribution is 0.0556. The fraction of sp³-hybridized carbons (Fsp3) is 0.636. The second-order valence-corrected chi connectivity index (χ2v) is 8.19. The summed E-state index contributed by atoms with van der Waals surface area (Å²) in [5.74, 6) is 1.98. The van der Waals surface area contributed by atoms with Gasteiger partial charge in [-0.15, -0.1) is 10.2 Å². The molecule has 3 rings (SSSR count). The van der Waals surface area contributed by atoms with Crippen LogP contribution in [-0.2, 0) is 13.1 Å². The van der Waals surface area contributed by atoms with E-state index in [0.29, 0.717) is 44.1 Å². The lowest BCUT2D eigenvalue weighted by Gasteiger charge is -2.32. The fourth-order valence-corrected chi connectivity index (χ4v) is 4.00. The first kappa shape index (κ1) is 21.7. The minimum Gasteiger partial charge on any atom is -0.491 e. The summed E-state index contributed by atoms with van der Waals surface area (Å²) in [6.07, 6.45) is 5.90. The van der Waals surface area contributed by atoms with Crippen molar-refractivity contribution >= 4 is 0 Å². The molecule has 1 N–H and O–H groups in total. The number of aryl methyl sites for hydroxylation is 1. The summed E-state index contributed by atoms with van der Waals surface area (Å²) in [7, 11) is 4.12. The molecule has 1 fully saturated rings. The quantitative estimate of drug-likeness (QED) is 0.655. The molecule has 2 aromatic rings. The Morgan fingerprint density at radius 2 is 1.90 bits per heavy atom. The Labute approximate surface area is 173 Å². The van der Waals surface area contributed by atoms with Gasteiger partial charge in [0.25, 0.3) is 0 Å². The van der Waals surface area contributed by atoms with E-state index < -0.39 is 6.10 Å². The van der Waals surface area contributed by atoms with Crippen LogP contribution in [0, 0.1) is 6.92 Å². The number of benzene rings is 1. The van der Waals surface area contributed by atoms with Gasteiger partial charge in [0.2, 0.25) is 11.8 Å². The minimum atomic E-state index is -0.505. The Morgan fingerprint density at radius 1 is 1.14 bits per heavy atom. The topological polar surface area (TPSA) is 74.9 Å². The minimum absolute atomic E-state index is 0.292. The predicted octanol–water partition coefficient (Wildman–Crippen LogP) is 3.01. The van der Waals surface area contributed by atoms with Crippen LogP contribution in [0.25, 0.3) is 0 Å². The largest absolute Gasteiger partial charge is 0.491 e. The normalized spacial score (nSPS) is 16.5. The Balaban J connectivity index is 1.49. The molecule has 1 atom stereocenters. The van der Waals surface area contributed by atoms with Crippen molar-refractivity contribution in [2.45, 2.75) is 64.3 Å². The van der Waals surface area contributed by atoms with E-state index in [2.05, 4.69) is 27.0 Å². The Bertz CT molecular complexity index is 745. The number of ether oxygens (including phenoxy) is 1. The van der Waals surface area contributed by atoms with E-state index in [9.17, 15) is 5.11 Å². The number of rotatable bonds is 10. The monoisotopic (exact) mass is 402 g/mol. The number of aromatic nitrogens is 2. The molecule has 0 amide bonds. The van der Waals surface area contributed by atoms with Crippen molar-refractivity contribution in [1.29, 1.82) is 0 Å². The summed E-state index contributed by atoms with van der Waals surface area (Å²) >= 11 is 0. The molecule has 1 aromatic carbocycles. The molecule has 1 heterocycles. The SMILES string of the molecule is Cc1nnc(CN(C)Cc2ccccc2OCC(O)CN(C)C2CCCCC2)o1. The van der Waals surface area contributed by atoms with E-state index >= 15 is 0 Å². The number of para-hydroxylation sites is 1. The molecule has 1 aromatic heterocycles. The molecule has 0 radical (unpaired) electrons. The number of hydrogen-bond donors (Lipinski definition) is 1. The van der Waals surface area contributed by atoms with Crippen molar-refractivity contribution < 1.29 is 14.3 Å². The Kier molecular flexibility index (Phi) is 8.03. The number of likely N-dealkylation sites (N-methyl/N-ethyl adjacent to an activating group) is 1.